The average Bonchev–Trinajstić information content (AvgIpc) is 3.27. The highest BCUT2D eigenvalue weighted by molar-refractivity contribution is 5.92. The van der Waals surface area contributed by atoms with Gasteiger partial charge in [0.05, 0.1) is 19.1 Å². The molecule has 192 valence electrons. The van der Waals surface area contributed by atoms with Gasteiger partial charge in [0.2, 0.25) is 11.8 Å². The first-order chi connectivity index (χ1) is 17.6. The van der Waals surface area contributed by atoms with Crippen LogP contribution < -0.4 is 15.4 Å². The van der Waals surface area contributed by atoms with Crippen molar-refractivity contribution < 1.29 is 28.9 Å². The van der Waals surface area contributed by atoms with Gasteiger partial charge in [-0.05, 0) is 49.4 Å². The molecule has 0 aromatic heterocycles. The molecule has 5 rings (SSSR count). The largest absolute Gasteiger partial charge is 0.487 e. The Morgan fingerprint density at radius 2 is 1.86 bits per heavy atom. The third kappa shape index (κ3) is 5.72. The van der Waals surface area contributed by atoms with Crippen LogP contribution in [0.4, 0.5) is 5.69 Å². The summed E-state index contributed by atoms with van der Waals surface area (Å²) in [6.45, 7) is 1.61. The zero-order valence-electron chi connectivity index (χ0n) is 20.4. The molecule has 2 saturated heterocycles. The first-order valence-corrected chi connectivity index (χ1v) is 12.9. The maximum absolute atomic E-state index is 12.7. The molecule has 3 N–H and O–H groups in total. The molecule has 0 bridgehead atoms. The number of nitrogens with one attached hydrogen (secondary N) is 2. The highest BCUT2D eigenvalue weighted by Crippen LogP contribution is 2.47. The molecule has 0 radical (unpaired) electrons. The van der Waals surface area contributed by atoms with E-state index in [2.05, 4.69) is 10.6 Å². The third-order valence-corrected chi connectivity index (χ3v) is 7.35. The Hall–Kier alpha value is -2.94. The minimum absolute atomic E-state index is 0.0129. The monoisotopic (exact) mass is 494 g/mol. The Morgan fingerprint density at radius 3 is 2.64 bits per heavy atom. The molecule has 36 heavy (non-hydrogen) atoms. The van der Waals surface area contributed by atoms with E-state index < -0.39 is 6.10 Å². The van der Waals surface area contributed by atoms with Gasteiger partial charge >= 0.3 is 0 Å². The molecule has 2 amide bonds. The summed E-state index contributed by atoms with van der Waals surface area (Å²) in [7, 11) is 0. The summed E-state index contributed by atoms with van der Waals surface area (Å²) in [5.41, 5.74) is 2.90. The number of hydrogen-bond acceptors (Lipinski definition) is 6. The molecular formula is C28H34N2O6. The summed E-state index contributed by atoms with van der Waals surface area (Å²) < 4.78 is 17.6. The van der Waals surface area contributed by atoms with Crippen LogP contribution >= 0.6 is 0 Å². The van der Waals surface area contributed by atoms with Crippen LogP contribution in [0, 0.1) is 5.92 Å². The first-order valence-electron chi connectivity index (χ1n) is 12.9. The van der Waals surface area contributed by atoms with Crippen LogP contribution in [-0.2, 0) is 25.5 Å². The lowest BCUT2D eigenvalue weighted by atomic mass is 9.84. The van der Waals surface area contributed by atoms with Crippen molar-refractivity contribution in [1.29, 1.82) is 0 Å². The van der Waals surface area contributed by atoms with Gasteiger partial charge in [-0.25, -0.2) is 0 Å². The Balaban J connectivity index is 1.20. The number of carbonyl (C=O) groups is 2. The zero-order valence-corrected chi connectivity index (χ0v) is 20.4. The normalized spacial score (nSPS) is 25.4. The Morgan fingerprint density at radius 1 is 1.06 bits per heavy atom. The van der Waals surface area contributed by atoms with E-state index in [1.165, 1.54) is 5.56 Å². The number of ether oxygens (including phenoxy) is 3. The number of fused-ring (bicyclic) bond motifs is 3. The number of carbonyl (C=O) groups excluding carboxylic acids is 2. The summed E-state index contributed by atoms with van der Waals surface area (Å²) in [5, 5.41) is 16.0. The highest BCUT2D eigenvalue weighted by Gasteiger charge is 2.46. The van der Waals surface area contributed by atoms with E-state index in [1.807, 2.05) is 48.5 Å². The van der Waals surface area contributed by atoms with Gasteiger partial charge in [0, 0.05) is 42.8 Å². The highest BCUT2D eigenvalue weighted by atomic mass is 16.6. The zero-order chi connectivity index (χ0) is 24.9. The molecule has 0 saturated carbocycles. The minimum atomic E-state index is -0.515. The molecular weight excluding hydrogens is 460 g/mol. The second-order valence-electron chi connectivity index (χ2n) is 9.82. The molecule has 8 heteroatoms. The number of amides is 2. The van der Waals surface area contributed by atoms with Gasteiger partial charge in [-0.1, -0.05) is 30.3 Å². The lowest BCUT2D eigenvalue weighted by Gasteiger charge is -2.37. The summed E-state index contributed by atoms with van der Waals surface area (Å²) >= 11 is 0. The Kier molecular flexibility index (Phi) is 7.84. The van der Waals surface area contributed by atoms with Gasteiger partial charge in [-0.15, -0.1) is 0 Å². The van der Waals surface area contributed by atoms with Crippen molar-refractivity contribution in [2.75, 3.05) is 31.7 Å². The topological polar surface area (TPSA) is 106 Å². The predicted octanol–water partition coefficient (Wildman–Crippen LogP) is 2.80. The molecule has 0 aliphatic carbocycles. The van der Waals surface area contributed by atoms with Crippen LogP contribution in [0.5, 0.6) is 5.75 Å². The number of rotatable bonds is 8. The van der Waals surface area contributed by atoms with Gasteiger partial charge in [-0.2, -0.15) is 0 Å². The summed E-state index contributed by atoms with van der Waals surface area (Å²) in [4.78, 5) is 25.3. The van der Waals surface area contributed by atoms with Gasteiger partial charge in [0.1, 0.15) is 18.0 Å². The fourth-order valence-corrected chi connectivity index (χ4v) is 5.44. The maximum atomic E-state index is 12.7. The first kappa shape index (κ1) is 24.7. The number of hydrogen-bond donors (Lipinski definition) is 3. The number of anilines is 1. The average molecular weight is 495 g/mol. The molecule has 0 spiro atoms. The smallest absolute Gasteiger partial charge is 0.227 e. The van der Waals surface area contributed by atoms with Crippen LogP contribution in [0.2, 0.25) is 0 Å². The second kappa shape index (κ2) is 11.4. The Labute approximate surface area is 211 Å². The fourth-order valence-electron chi connectivity index (χ4n) is 5.44. The summed E-state index contributed by atoms with van der Waals surface area (Å²) in [6, 6.07) is 15.7. The van der Waals surface area contributed by atoms with Crippen molar-refractivity contribution >= 4 is 17.5 Å². The predicted molar refractivity (Wildman–Crippen MR) is 134 cm³/mol. The molecule has 3 aliphatic heterocycles. The molecule has 3 heterocycles. The van der Waals surface area contributed by atoms with Crippen molar-refractivity contribution in [3.8, 4) is 5.75 Å². The van der Waals surface area contributed by atoms with E-state index in [0.717, 1.165) is 36.3 Å². The fraction of sp³-hybridized carbons (Fsp3) is 0.500. The lowest BCUT2D eigenvalue weighted by Crippen LogP contribution is -2.47. The quantitative estimate of drug-likeness (QED) is 0.521. The van der Waals surface area contributed by atoms with Crippen LogP contribution in [0.3, 0.4) is 0 Å². The lowest BCUT2D eigenvalue weighted by molar-refractivity contribution is -0.142. The van der Waals surface area contributed by atoms with E-state index in [9.17, 15) is 14.7 Å². The standard InChI is InChI=1S/C28H34N2O6/c31-17-25-27-23(15-21(35-25)16-26(32)29-11-8-18-4-2-1-3-5-18)22-14-20(6-7-24(22)36-27)30-28(33)19-9-12-34-13-10-19/h1-7,14,19,21,23,25,27,31H,8-13,15-17H2,(H,29,32)(H,30,33)/t21-,23-,25-,27+/m0/s1. The van der Waals surface area contributed by atoms with E-state index in [4.69, 9.17) is 14.2 Å². The summed E-state index contributed by atoms with van der Waals surface area (Å²) in [6.07, 6.45) is 1.91. The van der Waals surface area contributed by atoms with Crippen molar-refractivity contribution in [1.82, 2.24) is 5.32 Å². The number of aliphatic hydroxyl groups excluding tert-OH is 1. The van der Waals surface area contributed by atoms with Gasteiger partial charge in [-0.3, -0.25) is 9.59 Å². The Bertz CT molecular complexity index is 1060. The molecule has 2 aromatic rings. The van der Waals surface area contributed by atoms with E-state index in [0.29, 0.717) is 26.2 Å². The van der Waals surface area contributed by atoms with Crippen LogP contribution in [-0.4, -0.2) is 61.6 Å². The van der Waals surface area contributed by atoms with Crippen molar-refractivity contribution in [2.24, 2.45) is 5.92 Å². The van der Waals surface area contributed by atoms with Gasteiger partial charge in [0.25, 0.3) is 0 Å². The molecule has 4 atom stereocenters. The number of benzene rings is 2. The molecule has 3 aliphatic rings. The minimum Gasteiger partial charge on any atom is -0.487 e. The third-order valence-electron chi connectivity index (χ3n) is 7.35. The van der Waals surface area contributed by atoms with Crippen molar-refractivity contribution in [3.05, 3.63) is 59.7 Å². The molecule has 8 nitrogen and oxygen atoms in total. The van der Waals surface area contributed by atoms with Crippen LogP contribution in [0.1, 0.15) is 42.7 Å². The molecule has 0 unspecified atom stereocenters. The molecule has 2 aromatic carbocycles. The second-order valence-corrected chi connectivity index (χ2v) is 9.82. The van der Waals surface area contributed by atoms with Crippen molar-refractivity contribution in [3.63, 3.8) is 0 Å². The van der Waals surface area contributed by atoms with Gasteiger partial charge in [0.15, 0.2) is 0 Å². The van der Waals surface area contributed by atoms with Crippen molar-refractivity contribution in [2.45, 2.75) is 56.3 Å². The molecule has 2 fully saturated rings. The van der Waals surface area contributed by atoms with Gasteiger partial charge < -0.3 is 30.0 Å². The van der Waals surface area contributed by atoms with E-state index in [1.54, 1.807) is 0 Å². The number of aliphatic hydroxyl groups is 1. The van der Waals surface area contributed by atoms with E-state index in [-0.39, 0.29) is 48.9 Å². The summed E-state index contributed by atoms with van der Waals surface area (Å²) in [5.74, 6) is 0.626. The van der Waals surface area contributed by atoms with Crippen LogP contribution in [0.25, 0.3) is 0 Å². The van der Waals surface area contributed by atoms with Crippen LogP contribution in [0.15, 0.2) is 48.5 Å². The SMILES string of the molecule is O=C(C[C@@H]1C[C@H]2c3cc(NC(=O)C4CCOCC4)ccc3O[C@H]2[C@H](CO)O1)NCCc1ccccc1. The van der Waals surface area contributed by atoms with E-state index >= 15 is 0 Å². The maximum Gasteiger partial charge on any atom is 0.227 e.